The molecule has 8 nitrogen and oxygen atoms in total. The molecule has 0 aliphatic heterocycles. The summed E-state index contributed by atoms with van der Waals surface area (Å²) in [5, 5.41) is 2.97. The number of ether oxygens (including phenoxy) is 1. The number of imidazole rings is 3. The normalized spacial score (nSPS) is 10.6. The highest BCUT2D eigenvalue weighted by atomic mass is 16.5. The van der Waals surface area contributed by atoms with Crippen molar-refractivity contribution in [1.29, 1.82) is 0 Å². The third-order valence-corrected chi connectivity index (χ3v) is 5.44. The van der Waals surface area contributed by atoms with Crippen LogP contribution in [0.4, 0.5) is 5.95 Å². The molecule has 3 aromatic heterocycles. The van der Waals surface area contributed by atoms with Gasteiger partial charge in [-0.15, -0.1) is 0 Å². The van der Waals surface area contributed by atoms with Gasteiger partial charge in [0.1, 0.15) is 5.82 Å². The van der Waals surface area contributed by atoms with Gasteiger partial charge in [-0.25, -0.2) is 9.97 Å². The average Bonchev–Trinajstić information content (AvgIpc) is 3.54. The van der Waals surface area contributed by atoms with E-state index in [1.54, 1.807) is 7.11 Å². The van der Waals surface area contributed by atoms with Gasteiger partial charge in [0.05, 0.1) is 40.2 Å². The lowest BCUT2D eigenvalue weighted by Crippen LogP contribution is -1.88. The van der Waals surface area contributed by atoms with Crippen LogP contribution in [0.25, 0.3) is 33.1 Å². The van der Waals surface area contributed by atoms with Crippen LogP contribution in [0.1, 0.15) is 28.2 Å². The van der Waals surface area contributed by atoms with Gasteiger partial charge in [-0.3, -0.25) is 0 Å². The molecular formula is C27H39N7O. The average molecular weight is 478 g/mol. The second-order valence-corrected chi connectivity index (χ2v) is 8.47. The summed E-state index contributed by atoms with van der Waals surface area (Å²) < 4.78 is 4.97. The first-order valence-electron chi connectivity index (χ1n) is 11.4. The Hall–Kier alpha value is -4.33. The molecule has 6 rings (SSSR count). The highest BCUT2D eigenvalue weighted by molar-refractivity contribution is 5.78. The topological polar surface area (TPSA) is 107 Å². The second-order valence-electron chi connectivity index (χ2n) is 8.47. The Morgan fingerprint density at radius 1 is 0.657 bits per heavy atom. The van der Waals surface area contributed by atoms with Crippen molar-refractivity contribution >= 4 is 39.0 Å². The fourth-order valence-corrected chi connectivity index (χ4v) is 3.69. The lowest BCUT2D eigenvalue weighted by atomic mass is 10.2. The first-order chi connectivity index (χ1) is 16.8. The summed E-state index contributed by atoms with van der Waals surface area (Å²) in [5.74, 6) is 1.79. The van der Waals surface area contributed by atoms with Crippen LogP contribution in [-0.4, -0.2) is 44.1 Å². The van der Waals surface area contributed by atoms with Crippen molar-refractivity contribution in [3.63, 3.8) is 0 Å². The van der Waals surface area contributed by atoms with E-state index in [-0.39, 0.29) is 5.71 Å². The van der Waals surface area contributed by atoms with E-state index in [0.29, 0.717) is 6.01 Å². The molecule has 4 N–H and O–H groups in total. The second kappa shape index (κ2) is 10.3. The summed E-state index contributed by atoms with van der Waals surface area (Å²) in [6.45, 7) is 8.16. The standard InChI is InChI=1S/C9H11N3.C9H10N2O.C9H10N2.4H2/c1-6-3-4-7-8(5-6)12-9(10-2)11-7;1-6-3-4-7-8(5-6)11-9(10-7)12-2;1-6-3-4-8-9(5-6)11-7(2)10-8;;;;/h3-5H,1-2H3,(H2,10,11,12);3-5H,1-2H3,(H,10,11);3-5H,1-2H3,(H,10,11);4*1H. The minimum Gasteiger partial charge on any atom is -0.468 e. The Kier molecular flexibility index (Phi) is 7.01. The van der Waals surface area contributed by atoms with Crippen LogP contribution in [-0.2, 0) is 0 Å². The van der Waals surface area contributed by atoms with Gasteiger partial charge in [0, 0.05) is 12.8 Å². The molecule has 3 aromatic carbocycles. The molecule has 0 bridgehead atoms. The molecule has 0 aliphatic rings. The number of hydrogen-bond donors (Lipinski definition) is 4. The predicted octanol–water partition coefficient (Wildman–Crippen LogP) is 6.96. The molecule has 0 spiro atoms. The number of benzene rings is 3. The SMILES string of the molecule is CNc1nc2ccc(C)cc2[nH]1.COc1nc2ccc(C)cc2[nH]1.Cc1ccc2nc(C)[nH]c2c1.[HH].[HH].[HH].[HH]. The number of fused-ring (bicyclic) bond motifs is 3. The zero-order valence-electron chi connectivity index (χ0n) is 20.9. The van der Waals surface area contributed by atoms with Crippen molar-refractivity contribution in [3.05, 3.63) is 77.1 Å². The van der Waals surface area contributed by atoms with Gasteiger partial charge >= 0.3 is 0 Å². The quantitative estimate of drug-likeness (QED) is 0.216. The summed E-state index contributed by atoms with van der Waals surface area (Å²) in [6, 6.07) is 19.0. The molecule has 3 heterocycles. The van der Waals surface area contributed by atoms with E-state index in [1.165, 1.54) is 16.7 Å². The molecule has 0 saturated carbocycles. The molecule has 8 heteroatoms. The number of rotatable bonds is 2. The van der Waals surface area contributed by atoms with Gasteiger partial charge in [-0.2, -0.15) is 4.98 Å². The number of H-pyrrole nitrogens is 3. The fraction of sp³-hybridized carbons (Fsp3) is 0.222. The molecule has 0 fully saturated rings. The van der Waals surface area contributed by atoms with Crippen LogP contribution in [0, 0.1) is 27.7 Å². The summed E-state index contributed by atoms with van der Waals surface area (Å²) in [5.41, 5.74) is 9.95. The highest BCUT2D eigenvalue weighted by Gasteiger charge is 2.01. The fourth-order valence-electron chi connectivity index (χ4n) is 3.69. The number of aromatic amines is 3. The number of nitrogens with zero attached hydrogens (tertiary/aromatic N) is 3. The van der Waals surface area contributed by atoms with Crippen molar-refractivity contribution in [1.82, 2.24) is 29.9 Å². The minimum absolute atomic E-state index is 0. The van der Waals surface area contributed by atoms with Crippen LogP contribution in [0.2, 0.25) is 0 Å². The molecule has 35 heavy (non-hydrogen) atoms. The Balaban J connectivity index is 0.000000529. The van der Waals surface area contributed by atoms with Crippen LogP contribution in [0.3, 0.4) is 0 Å². The molecular weight excluding hydrogens is 438 g/mol. The van der Waals surface area contributed by atoms with E-state index < -0.39 is 0 Å². The van der Waals surface area contributed by atoms with E-state index in [1.807, 2.05) is 51.2 Å². The van der Waals surface area contributed by atoms with Crippen LogP contribution in [0.15, 0.2) is 54.6 Å². The van der Waals surface area contributed by atoms with Gasteiger partial charge in [-0.05, 0) is 80.8 Å². The largest absolute Gasteiger partial charge is 0.468 e. The maximum atomic E-state index is 4.97. The van der Waals surface area contributed by atoms with Crippen LogP contribution in [0.5, 0.6) is 6.01 Å². The Labute approximate surface area is 210 Å². The van der Waals surface area contributed by atoms with Gasteiger partial charge in [0.15, 0.2) is 0 Å². The van der Waals surface area contributed by atoms with E-state index in [0.717, 1.165) is 44.9 Å². The first kappa shape index (κ1) is 23.8. The summed E-state index contributed by atoms with van der Waals surface area (Å²) >= 11 is 0. The number of aromatic nitrogens is 6. The van der Waals surface area contributed by atoms with Crippen molar-refractivity contribution < 1.29 is 10.4 Å². The third kappa shape index (κ3) is 5.78. The van der Waals surface area contributed by atoms with Gasteiger partial charge in [-0.1, -0.05) is 18.2 Å². The van der Waals surface area contributed by atoms with Crippen LogP contribution >= 0.6 is 0 Å². The van der Waals surface area contributed by atoms with E-state index in [4.69, 9.17) is 4.74 Å². The molecule has 0 saturated heterocycles. The molecule has 0 amide bonds. The third-order valence-electron chi connectivity index (χ3n) is 5.44. The van der Waals surface area contributed by atoms with Crippen LogP contribution < -0.4 is 10.1 Å². The Bertz CT molecular complexity index is 1510. The van der Waals surface area contributed by atoms with Gasteiger partial charge < -0.3 is 25.0 Å². The Morgan fingerprint density at radius 3 is 1.69 bits per heavy atom. The van der Waals surface area contributed by atoms with Crippen molar-refractivity contribution in [2.24, 2.45) is 0 Å². The minimum atomic E-state index is 0. The first-order valence-corrected chi connectivity index (χ1v) is 11.4. The lowest BCUT2D eigenvalue weighted by Gasteiger charge is -1.89. The monoisotopic (exact) mass is 477 g/mol. The zero-order valence-corrected chi connectivity index (χ0v) is 20.9. The number of nitrogens with one attached hydrogen (secondary N) is 4. The van der Waals surface area contributed by atoms with Crippen molar-refractivity contribution in [2.75, 3.05) is 19.5 Å². The summed E-state index contributed by atoms with van der Waals surface area (Å²) in [7, 11) is 3.45. The summed E-state index contributed by atoms with van der Waals surface area (Å²) in [4.78, 5) is 22.2. The van der Waals surface area contributed by atoms with E-state index in [2.05, 4.69) is 73.3 Å². The lowest BCUT2D eigenvalue weighted by molar-refractivity contribution is 0.386. The maximum Gasteiger partial charge on any atom is 0.294 e. The molecule has 0 aliphatic carbocycles. The molecule has 0 radical (unpaired) electrons. The molecule has 0 unspecified atom stereocenters. The van der Waals surface area contributed by atoms with Gasteiger partial charge in [0.2, 0.25) is 5.95 Å². The highest BCUT2D eigenvalue weighted by Crippen LogP contribution is 2.17. The zero-order chi connectivity index (χ0) is 24.9. The molecule has 6 aromatic rings. The molecule has 188 valence electrons. The number of aryl methyl sites for hydroxylation is 4. The summed E-state index contributed by atoms with van der Waals surface area (Å²) in [6.07, 6.45) is 0. The maximum absolute atomic E-state index is 4.97. The number of methoxy groups -OCH3 is 1. The van der Waals surface area contributed by atoms with Crippen molar-refractivity contribution in [3.8, 4) is 6.01 Å². The van der Waals surface area contributed by atoms with E-state index >= 15 is 0 Å². The Morgan fingerprint density at radius 2 is 1.14 bits per heavy atom. The smallest absolute Gasteiger partial charge is 0.294 e. The predicted molar refractivity (Wildman–Crippen MR) is 152 cm³/mol. The molecule has 0 atom stereocenters. The number of hydrogen-bond acceptors (Lipinski definition) is 5. The van der Waals surface area contributed by atoms with Crippen molar-refractivity contribution in [2.45, 2.75) is 27.7 Å². The number of anilines is 1. The van der Waals surface area contributed by atoms with E-state index in [9.17, 15) is 0 Å². The van der Waals surface area contributed by atoms with Gasteiger partial charge in [0.25, 0.3) is 6.01 Å².